The zero-order chi connectivity index (χ0) is 19.3. The molecular formula is C17H31O7P. The highest BCUT2D eigenvalue weighted by Gasteiger charge is 2.28. The Kier molecular flexibility index (Phi) is 12.5. The van der Waals surface area contributed by atoms with E-state index in [0.29, 0.717) is 31.4 Å². The van der Waals surface area contributed by atoms with Crippen molar-refractivity contribution in [3.8, 4) is 0 Å². The smallest absolute Gasteiger partial charge is 0.333 e. The molecule has 0 saturated carbocycles. The summed E-state index contributed by atoms with van der Waals surface area (Å²) in [4.78, 5) is 32.1. The molecule has 1 N–H and O–H groups in total. The lowest BCUT2D eigenvalue weighted by atomic mass is 10.2. The van der Waals surface area contributed by atoms with Gasteiger partial charge in [-0.2, -0.15) is 0 Å². The largest absolute Gasteiger partial charge is 0.462 e. The van der Waals surface area contributed by atoms with Crippen LogP contribution in [0.5, 0.6) is 0 Å². The van der Waals surface area contributed by atoms with E-state index < -0.39 is 19.3 Å². The number of carbonyl (C=O) groups is 2. The molecule has 7 nitrogen and oxygen atoms in total. The fourth-order valence-corrected chi connectivity index (χ4v) is 2.28. The summed E-state index contributed by atoms with van der Waals surface area (Å²) in [6.07, 6.45) is 4.53. The highest BCUT2D eigenvalue weighted by atomic mass is 31.1. The molecule has 0 fully saturated rings. The molecule has 2 atom stereocenters. The van der Waals surface area contributed by atoms with Crippen molar-refractivity contribution in [2.24, 2.45) is 0 Å². The van der Waals surface area contributed by atoms with Crippen LogP contribution in [-0.2, 0) is 28.4 Å². The maximum Gasteiger partial charge on any atom is 0.333 e. The van der Waals surface area contributed by atoms with Gasteiger partial charge >= 0.3 is 11.9 Å². The van der Waals surface area contributed by atoms with Crippen LogP contribution in [0.3, 0.4) is 0 Å². The van der Waals surface area contributed by atoms with E-state index in [1.807, 2.05) is 6.92 Å². The Morgan fingerprint density at radius 3 is 2.32 bits per heavy atom. The van der Waals surface area contributed by atoms with Crippen LogP contribution in [-0.4, -0.2) is 42.0 Å². The molecule has 0 aliphatic heterocycles. The number of rotatable bonds is 13. The third-order valence-corrected chi connectivity index (χ3v) is 5.31. The molecular weight excluding hydrogens is 347 g/mol. The minimum atomic E-state index is -2.74. The molecule has 0 aliphatic rings. The molecule has 0 aromatic carbocycles. The third kappa shape index (κ3) is 10.4. The summed E-state index contributed by atoms with van der Waals surface area (Å²) in [5, 5.41) is -0.966. The van der Waals surface area contributed by atoms with Crippen molar-refractivity contribution in [2.45, 2.75) is 65.1 Å². The van der Waals surface area contributed by atoms with Crippen LogP contribution in [0.2, 0.25) is 0 Å². The fourth-order valence-electron chi connectivity index (χ4n) is 1.75. The van der Waals surface area contributed by atoms with Gasteiger partial charge in [0.2, 0.25) is 8.03 Å². The molecule has 0 heterocycles. The molecule has 0 aromatic rings. The monoisotopic (exact) mass is 378 g/mol. The topological polar surface area (TPSA) is 99.1 Å². The van der Waals surface area contributed by atoms with Crippen LogP contribution >= 0.6 is 8.03 Å². The number of hydrogen-bond acceptors (Lipinski definition) is 6. The predicted octanol–water partition coefficient (Wildman–Crippen LogP) is 3.21. The van der Waals surface area contributed by atoms with Gasteiger partial charge in [-0.15, -0.1) is 0 Å². The molecule has 25 heavy (non-hydrogen) atoms. The number of allylic oxidation sites excluding steroid dienone is 1. The average molecular weight is 378 g/mol. The van der Waals surface area contributed by atoms with E-state index in [1.165, 1.54) is 0 Å². The minimum Gasteiger partial charge on any atom is -0.462 e. The van der Waals surface area contributed by atoms with Gasteiger partial charge in [0.15, 0.2) is 0 Å². The van der Waals surface area contributed by atoms with E-state index in [-0.39, 0.29) is 25.6 Å². The van der Waals surface area contributed by atoms with Crippen molar-refractivity contribution < 1.29 is 33.3 Å². The Morgan fingerprint density at radius 2 is 1.76 bits per heavy atom. The van der Waals surface area contributed by atoms with Crippen molar-refractivity contribution >= 4 is 20.0 Å². The van der Waals surface area contributed by atoms with Crippen molar-refractivity contribution in [1.82, 2.24) is 0 Å². The summed E-state index contributed by atoms with van der Waals surface area (Å²) in [6, 6.07) is 0. The molecule has 2 unspecified atom stereocenters. The first kappa shape index (κ1) is 23.8. The third-order valence-electron chi connectivity index (χ3n) is 3.91. The summed E-state index contributed by atoms with van der Waals surface area (Å²) in [5.74, 6) is -0.749. The maximum absolute atomic E-state index is 11.5. The minimum absolute atomic E-state index is 0.0412. The van der Waals surface area contributed by atoms with Gasteiger partial charge in [-0.05, 0) is 40.0 Å². The van der Waals surface area contributed by atoms with E-state index in [2.05, 4.69) is 0 Å². The summed E-state index contributed by atoms with van der Waals surface area (Å²) in [5.41, 5.74) is 0.513. The van der Waals surface area contributed by atoms with E-state index >= 15 is 0 Å². The molecule has 0 amide bonds. The van der Waals surface area contributed by atoms with E-state index in [4.69, 9.17) is 14.2 Å². The maximum atomic E-state index is 11.5. The van der Waals surface area contributed by atoms with Gasteiger partial charge in [-0.3, -0.25) is 9.36 Å². The van der Waals surface area contributed by atoms with Gasteiger partial charge in [0.25, 0.3) is 0 Å². The SMILES string of the molecule is C/C=C(\C)C(=O)OCCOC(=O)CCCCCOC(C)(CC)[PH](=O)O. The van der Waals surface area contributed by atoms with Gasteiger partial charge in [-0.25, -0.2) is 4.79 Å². The number of carbonyl (C=O) groups excluding carboxylic acids is 2. The second kappa shape index (κ2) is 13.1. The second-order valence-electron chi connectivity index (χ2n) is 5.88. The molecule has 0 aromatic heterocycles. The number of esters is 2. The second-order valence-corrected chi connectivity index (χ2v) is 7.54. The molecule has 0 aliphatic carbocycles. The van der Waals surface area contributed by atoms with Crippen LogP contribution in [0, 0.1) is 0 Å². The molecule has 8 heteroatoms. The van der Waals surface area contributed by atoms with Gasteiger partial charge in [-0.1, -0.05) is 19.4 Å². The lowest BCUT2D eigenvalue weighted by Gasteiger charge is -2.25. The summed E-state index contributed by atoms with van der Waals surface area (Å²) in [6.45, 7) is 7.32. The van der Waals surface area contributed by atoms with Crippen molar-refractivity contribution in [1.29, 1.82) is 0 Å². The number of unbranched alkanes of at least 4 members (excludes halogenated alkanes) is 2. The summed E-state index contributed by atoms with van der Waals surface area (Å²) in [7, 11) is -2.74. The molecule has 0 radical (unpaired) electrons. The lowest BCUT2D eigenvalue weighted by molar-refractivity contribution is -0.150. The normalized spacial score (nSPS) is 15.3. The predicted molar refractivity (Wildman–Crippen MR) is 95.7 cm³/mol. The van der Waals surface area contributed by atoms with Crippen LogP contribution in [0.15, 0.2) is 11.6 Å². The highest BCUT2D eigenvalue weighted by molar-refractivity contribution is 7.39. The first-order valence-corrected chi connectivity index (χ1v) is 9.95. The van der Waals surface area contributed by atoms with Gasteiger partial charge in [0, 0.05) is 18.6 Å². The lowest BCUT2D eigenvalue weighted by Crippen LogP contribution is -2.23. The first-order valence-electron chi connectivity index (χ1n) is 8.59. The van der Waals surface area contributed by atoms with Crippen LogP contribution in [0.1, 0.15) is 59.8 Å². The quantitative estimate of drug-likeness (QED) is 0.227. The van der Waals surface area contributed by atoms with Crippen LogP contribution < -0.4 is 0 Å². The number of ether oxygens (including phenoxy) is 3. The highest BCUT2D eigenvalue weighted by Crippen LogP contribution is 2.38. The molecule has 0 saturated heterocycles. The average Bonchev–Trinajstić information content (AvgIpc) is 2.60. The van der Waals surface area contributed by atoms with Crippen molar-refractivity contribution in [3.63, 3.8) is 0 Å². The van der Waals surface area contributed by atoms with Crippen LogP contribution in [0.4, 0.5) is 0 Å². The fraction of sp³-hybridized carbons (Fsp3) is 0.765. The standard InChI is InChI=1S/C17H31O7P/c1-5-14(3)16(19)23-13-12-22-15(18)10-8-7-9-11-24-17(4,6-2)25(20)21/h5,25H,6-13H2,1-4H3,(H,20,21)/b14-5+. The molecule has 146 valence electrons. The molecule has 0 rings (SSSR count). The van der Waals surface area contributed by atoms with E-state index in [1.54, 1.807) is 26.8 Å². The Balaban J connectivity index is 3.68. The summed E-state index contributed by atoms with van der Waals surface area (Å²) < 4.78 is 26.6. The summed E-state index contributed by atoms with van der Waals surface area (Å²) >= 11 is 0. The zero-order valence-electron chi connectivity index (χ0n) is 15.6. The van der Waals surface area contributed by atoms with Gasteiger partial charge in [0.1, 0.15) is 18.6 Å². The first-order chi connectivity index (χ1) is 11.8. The molecule has 0 spiro atoms. The van der Waals surface area contributed by atoms with E-state index in [0.717, 1.165) is 6.42 Å². The Bertz CT molecular complexity index is 476. The van der Waals surface area contributed by atoms with Gasteiger partial charge < -0.3 is 19.1 Å². The van der Waals surface area contributed by atoms with E-state index in [9.17, 15) is 19.0 Å². The van der Waals surface area contributed by atoms with Gasteiger partial charge in [0.05, 0.1) is 0 Å². The van der Waals surface area contributed by atoms with Crippen LogP contribution in [0.25, 0.3) is 0 Å². The van der Waals surface area contributed by atoms with Crippen molar-refractivity contribution in [3.05, 3.63) is 11.6 Å². The zero-order valence-corrected chi connectivity index (χ0v) is 16.6. The molecule has 0 bridgehead atoms. The Hall–Kier alpha value is -1.17. The Morgan fingerprint density at radius 1 is 1.12 bits per heavy atom. The Labute approximate surface area is 150 Å². The van der Waals surface area contributed by atoms with Crippen molar-refractivity contribution in [2.75, 3.05) is 19.8 Å². The number of hydrogen-bond donors (Lipinski definition) is 1.